The molecule has 10 heteroatoms. The highest BCUT2D eigenvalue weighted by atomic mass is 32.2. The van der Waals surface area contributed by atoms with Crippen LogP contribution in [-0.4, -0.2) is 50.2 Å². The number of nitrogens with zero attached hydrogens (tertiary/aromatic N) is 1. The van der Waals surface area contributed by atoms with Gasteiger partial charge in [0.2, 0.25) is 5.91 Å². The molecule has 1 aromatic rings. The van der Waals surface area contributed by atoms with Gasteiger partial charge in [-0.25, -0.2) is 13.2 Å². The van der Waals surface area contributed by atoms with Gasteiger partial charge in [-0.05, 0) is 13.8 Å². The van der Waals surface area contributed by atoms with E-state index in [1.807, 2.05) is 0 Å². The minimum absolute atomic E-state index is 0.103. The second-order valence-electron chi connectivity index (χ2n) is 3.79. The molecule has 0 saturated heterocycles. The van der Waals surface area contributed by atoms with Crippen LogP contribution in [0.25, 0.3) is 0 Å². The van der Waals surface area contributed by atoms with E-state index in [1.165, 1.54) is 14.0 Å². The zero-order chi connectivity index (χ0) is 15.3. The van der Waals surface area contributed by atoms with Crippen LogP contribution in [0, 0.1) is 0 Å². The smallest absolute Gasteiger partial charge is 0.342 e. The fourth-order valence-corrected chi connectivity index (χ4v) is 2.68. The number of carbonyl (C=O) groups excluding carboxylic acids is 2. The van der Waals surface area contributed by atoms with Crippen molar-refractivity contribution in [3.63, 3.8) is 0 Å². The number of aromatic nitrogens is 2. The second kappa shape index (κ2) is 6.48. The summed E-state index contributed by atoms with van der Waals surface area (Å²) in [5, 5.41) is 7.60. The predicted molar refractivity (Wildman–Crippen MR) is 68.4 cm³/mol. The molecular weight excluding hydrogens is 288 g/mol. The van der Waals surface area contributed by atoms with E-state index in [2.05, 4.69) is 20.2 Å². The lowest BCUT2D eigenvalue weighted by atomic mass is 10.3. The number of esters is 1. The Morgan fingerprint density at radius 1 is 1.50 bits per heavy atom. The molecule has 20 heavy (non-hydrogen) atoms. The van der Waals surface area contributed by atoms with Crippen LogP contribution in [-0.2, 0) is 19.6 Å². The first-order valence-corrected chi connectivity index (χ1v) is 7.26. The minimum Gasteiger partial charge on any atom is -0.462 e. The number of ether oxygens (including phenoxy) is 1. The third kappa shape index (κ3) is 3.54. The third-order valence-electron chi connectivity index (χ3n) is 2.34. The van der Waals surface area contributed by atoms with Crippen LogP contribution in [0.3, 0.4) is 0 Å². The summed E-state index contributed by atoms with van der Waals surface area (Å²) in [5.74, 6) is -1.32. The molecule has 0 spiro atoms. The summed E-state index contributed by atoms with van der Waals surface area (Å²) in [6.45, 7) is 3.07. The van der Waals surface area contributed by atoms with Gasteiger partial charge in [0.1, 0.15) is 5.56 Å². The number of rotatable bonds is 6. The topological polar surface area (TPSA) is 130 Å². The average molecular weight is 304 g/mol. The highest BCUT2D eigenvalue weighted by Gasteiger charge is 2.28. The van der Waals surface area contributed by atoms with Crippen LogP contribution in [0.2, 0.25) is 0 Å². The molecule has 0 aliphatic heterocycles. The zero-order valence-electron chi connectivity index (χ0n) is 11.3. The molecule has 0 aromatic carbocycles. The van der Waals surface area contributed by atoms with E-state index in [0.717, 1.165) is 6.20 Å². The van der Waals surface area contributed by atoms with E-state index >= 15 is 0 Å². The highest BCUT2D eigenvalue weighted by Crippen LogP contribution is 2.13. The first-order valence-electron chi connectivity index (χ1n) is 5.77. The van der Waals surface area contributed by atoms with Crippen LogP contribution < -0.4 is 10.0 Å². The quantitative estimate of drug-likeness (QED) is 0.578. The molecule has 1 aromatic heterocycles. The van der Waals surface area contributed by atoms with Gasteiger partial charge in [0, 0.05) is 7.05 Å². The van der Waals surface area contributed by atoms with Crippen LogP contribution in [0.1, 0.15) is 24.2 Å². The second-order valence-corrected chi connectivity index (χ2v) is 5.44. The summed E-state index contributed by atoms with van der Waals surface area (Å²) >= 11 is 0. The fourth-order valence-electron chi connectivity index (χ4n) is 1.40. The lowest BCUT2D eigenvalue weighted by Crippen LogP contribution is -2.43. The van der Waals surface area contributed by atoms with E-state index in [0.29, 0.717) is 0 Å². The molecule has 1 rings (SSSR count). The molecular formula is C10H16N4O5S. The van der Waals surface area contributed by atoms with Crippen molar-refractivity contribution in [2.45, 2.75) is 24.9 Å². The molecule has 0 radical (unpaired) electrons. The van der Waals surface area contributed by atoms with Crippen molar-refractivity contribution in [1.29, 1.82) is 0 Å². The largest absolute Gasteiger partial charge is 0.462 e. The Morgan fingerprint density at radius 3 is 2.70 bits per heavy atom. The van der Waals surface area contributed by atoms with Crippen molar-refractivity contribution in [2.75, 3.05) is 13.7 Å². The average Bonchev–Trinajstić information content (AvgIpc) is 2.87. The summed E-state index contributed by atoms with van der Waals surface area (Å²) in [6, 6.07) is -0.997. The van der Waals surface area contributed by atoms with Crippen LogP contribution in [0.5, 0.6) is 0 Å². The molecule has 3 N–H and O–H groups in total. The molecule has 0 bridgehead atoms. The predicted octanol–water partition coefficient (Wildman–Crippen LogP) is -1.00. The molecule has 0 aliphatic carbocycles. The molecule has 9 nitrogen and oxygen atoms in total. The van der Waals surface area contributed by atoms with Crippen LogP contribution in [0.15, 0.2) is 11.2 Å². The number of likely N-dealkylation sites (N-methyl/N-ethyl adjacent to an activating group) is 1. The van der Waals surface area contributed by atoms with Crippen molar-refractivity contribution in [2.24, 2.45) is 0 Å². The minimum atomic E-state index is -4.10. The number of hydrogen-bond acceptors (Lipinski definition) is 6. The Balaban J connectivity index is 3.02. The van der Waals surface area contributed by atoms with Gasteiger partial charge in [-0.15, -0.1) is 0 Å². The monoisotopic (exact) mass is 304 g/mol. The Bertz CT molecular complexity index is 595. The number of nitrogens with one attached hydrogen (secondary N) is 3. The maximum atomic E-state index is 12.1. The fraction of sp³-hybridized carbons (Fsp3) is 0.500. The van der Waals surface area contributed by atoms with Gasteiger partial charge < -0.3 is 10.1 Å². The van der Waals surface area contributed by atoms with E-state index in [1.54, 1.807) is 6.92 Å². The normalized spacial score (nSPS) is 12.8. The molecule has 0 saturated carbocycles. The molecule has 0 aliphatic rings. The molecule has 1 unspecified atom stereocenters. The van der Waals surface area contributed by atoms with Gasteiger partial charge >= 0.3 is 5.97 Å². The van der Waals surface area contributed by atoms with Crippen molar-refractivity contribution in [1.82, 2.24) is 20.2 Å². The molecule has 1 heterocycles. The van der Waals surface area contributed by atoms with Crippen LogP contribution in [0.4, 0.5) is 0 Å². The Kier molecular flexibility index (Phi) is 5.22. The first-order chi connectivity index (χ1) is 9.33. The van der Waals surface area contributed by atoms with Gasteiger partial charge in [-0.1, -0.05) is 0 Å². The van der Waals surface area contributed by atoms with Gasteiger partial charge in [-0.3, -0.25) is 9.89 Å². The van der Waals surface area contributed by atoms with Gasteiger partial charge in [0.05, 0.1) is 18.8 Å². The summed E-state index contributed by atoms with van der Waals surface area (Å²) in [7, 11) is -2.71. The van der Waals surface area contributed by atoms with Gasteiger partial charge in [0.25, 0.3) is 10.0 Å². The first kappa shape index (κ1) is 16.1. The van der Waals surface area contributed by atoms with Crippen molar-refractivity contribution >= 4 is 21.9 Å². The number of sulfonamides is 1. The van der Waals surface area contributed by atoms with Crippen molar-refractivity contribution in [3.05, 3.63) is 11.8 Å². The van der Waals surface area contributed by atoms with Gasteiger partial charge in [-0.2, -0.15) is 9.82 Å². The maximum absolute atomic E-state index is 12.1. The summed E-state index contributed by atoms with van der Waals surface area (Å²) < 4.78 is 31.0. The maximum Gasteiger partial charge on any atom is 0.342 e. The molecule has 1 amide bonds. The highest BCUT2D eigenvalue weighted by molar-refractivity contribution is 7.89. The molecule has 1 atom stereocenters. The lowest BCUT2D eigenvalue weighted by Gasteiger charge is -2.12. The third-order valence-corrected chi connectivity index (χ3v) is 3.85. The number of aromatic amines is 1. The van der Waals surface area contributed by atoms with Crippen molar-refractivity contribution in [3.8, 4) is 0 Å². The van der Waals surface area contributed by atoms with Crippen molar-refractivity contribution < 1.29 is 22.7 Å². The van der Waals surface area contributed by atoms with Gasteiger partial charge in [0.15, 0.2) is 5.03 Å². The van der Waals surface area contributed by atoms with Crippen LogP contribution >= 0.6 is 0 Å². The number of carbonyl (C=O) groups is 2. The van der Waals surface area contributed by atoms with E-state index in [-0.39, 0.29) is 12.2 Å². The Morgan fingerprint density at radius 2 is 2.15 bits per heavy atom. The summed E-state index contributed by atoms with van der Waals surface area (Å²) in [6.07, 6.45) is 1.05. The lowest BCUT2D eigenvalue weighted by molar-refractivity contribution is -0.121. The van der Waals surface area contributed by atoms with E-state index < -0.39 is 33.0 Å². The molecule has 0 fully saturated rings. The molecule has 112 valence electrons. The Hall–Kier alpha value is -1.94. The van der Waals surface area contributed by atoms with E-state index in [9.17, 15) is 18.0 Å². The Labute approximate surface area is 116 Å². The number of hydrogen-bond donors (Lipinski definition) is 3. The zero-order valence-corrected chi connectivity index (χ0v) is 12.1. The summed E-state index contributed by atoms with van der Waals surface area (Å²) in [5.41, 5.74) is -0.219. The summed E-state index contributed by atoms with van der Waals surface area (Å²) in [4.78, 5) is 22.9. The number of H-pyrrole nitrogens is 1. The SMILES string of the molecule is CCOC(=O)c1cn[nH]c1S(=O)(=O)NC(C)C(=O)NC. The number of amides is 1. The standard InChI is InChI=1S/C10H16N4O5S/c1-4-19-10(16)7-5-12-13-9(7)20(17,18)14-6(2)8(15)11-3/h5-6,14H,4H2,1-3H3,(H,11,15)(H,12,13). The van der Waals surface area contributed by atoms with E-state index in [4.69, 9.17) is 4.74 Å².